The monoisotopic (exact) mass is 362 g/mol. The Bertz CT molecular complexity index is 727. The van der Waals surface area contributed by atoms with E-state index < -0.39 is 0 Å². The van der Waals surface area contributed by atoms with Crippen molar-refractivity contribution in [1.82, 2.24) is 14.8 Å². The predicted octanol–water partition coefficient (Wildman–Crippen LogP) is 3.58. The zero-order valence-electron chi connectivity index (χ0n) is 13.7. The number of carbonyl (C=O) groups excluding carboxylic acids is 1. The average Bonchev–Trinajstić information content (AvgIpc) is 3.35. The van der Waals surface area contributed by atoms with E-state index in [1.54, 1.807) is 11.3 Å². The molecule has 128 valence electrons. The van der Waals surface area contributed by atoms with Gasteiger partial charge in [0.2, 0.25) is 5.91 Å². The van der Waals surface area contributed by atoms with Crippen molar-refractivity contribution in [3.63, 3.8) is 0 Å². The van der Waals surface area contributed by atoms with Crippen molar-refractivity contribution in [3.05, 3.63) is 17.5 Å². The summed E-state index contributed by atoms with van der Waals surface area (Å²) < 4.78 is 2.25. The maximum Gasteiger partial charge on any atom is 0.227 e. The summed E-state index contributed by atoms with van der Waals surface area (Å²) >= 11 is 3.08. The first kappa shape index (κ1) is 16.1. The second-order valence-electron chi connectivity index (χ2n) is 6.99. The highest BCUT2D eigenvalue weighted by Gasteiger charge is 2.43. The van der Waals surface area contributed by atoms with Crippen molar-refractivity contribution in [2.24, 2.45) is 23.5 Å². The Balaban J connectivity index is 1.67. The van der Waals surface area contributed by atoms with E-state index in [9.17, 15) is 4.79 Å². The molecule has 2 heterocycles. The fourth-order valence-electron chi connectivity index (χ4n) is 4.53. The van der Waals surface area contributed by atoms with Gasteiger partial charge in [-0.3, -0.25) is 9.36 Å². The van der Waals surface area contributed by atoms with Gasteiger partial charge in [-0.05, 0) is 55.4 Å². The number of hydrogen-bond acceptors (Lipinski definition) is 5. The standard InChI is InChI=1S/C17H22N4OS2/c1-10(13-8-11-4-5-12(13)7-11)21-16(14-3-2-6-23-14)19-20-17(21)24-9-15(18)22/h2-3,6,10-13H,4-5,7-9H2,1H3,(H2,18,22). The summed E-state index contributed by atoms with van der Waals surface area (Å²) in [7, 11) is 0. The van der Waals surface area contributed by atoms with Gasteiger partial charge in [0, 0.05) is 6.04 Å². The number of fused-ring (bicyclic) bond motifs is 2. The second kappa shape index (κ2) is 6.52. The number of primary amides is 1. The third-order valence-corrected chi connectivity index (χ3v) is 7.40. The molecule has 1 amide bonds. The Kier molecular flexibility index (Phi) is 4.39. The molecule has 0 spiro atoms. The quantitative estimate of drug-likeness (QED) is 0.797. The lowest BCUT2D eigenvalue weighted by Crippen LogP contribution is -2.23. The van der Waals surface area contributed by atoms with Gasteiger partial charge >= 0.3 is 0 Å². The summed E-state index contributed by atoms with van der Waals surface area (Å²) in [4.78, 5) is 12.3. The minimum atomic E-state index is -0.320. The Morgan fingerprint density at radius 2 is 2.33 bits per heavy atom. The molecule has 2 fully saturated rings. The normalized spacial score (nSPS) is 26.8. The molecule has 0 aromatic carbocycles. The number of aromatic nitrogens is 3. The van der Waals surface area contributed by atoms with Crippen molar-refractivity contribution >= 4 is 29.0 Å². The summed E-state index contributed by atoms with van der Waals surface area (Å²) in [5, 5.41) is 11.7. The number of thiophene rings is 1. The molecule has 5 nitrogen and oxygen atoms in total. The largest absolute Gasteiger partial charge is 0.369 e. The van der Waals surface area contributed by atoms with E-state index in [1.807, 2.05) is 6.07 Å². The highest BCUT2D eigenvalue weighted by atomic mass is 32.2. The second-order valence-corrected chi connectivity index (χ2v) is 8.88. The molecule has 2 aromatic rings. The molecule has 0 aliphatic heterocycles. The first-order valence-corrected chi connectivity index (χ1v) is 10.4. The van der Waals surface area contributed by atoms with Crippen LogP contribution < -0.4 is 5.73 Å². The number of amides is 1. The molecule has 4 unspecified atom stereocenters. The topological polar surface area (TPSA) is 73.8 Å². The Morgan fingerprint density at radius 3 is 2.96 bits per heavy atom. The van der Waals surface area contributed by atoms with Gasteiger partial charge in [0.05, 0.1) is 10.6 Å². The molecule has 2 aromatic heterocycles. The molecule has 24 heavy (non-hydrogen) atoms. The fraction of sp³-hybridized carbons (Fsp3) is 0.588. The van der Waals surface area contributed by atoms with Gasteiger partial charge in [-0.1, -0.05) is 24.2 Å². The van der Waals surface area contributed by atoms with Gasteiger partial charge in [-0.2, -0.15) is 0 Å². The van der Waals surface area contributed by atoms with Crippen molar-refractivity contribution in [3.8, 4) is 10.7 Å². The smallest absolute Gasteiger partial charge is 0.227 e. The lowest BCUT2D eigenvalue weighted by atomic mass is 9.84. The molecular weight excluding hydrogens is 340 g/mol. The highest BCUT2D eigenvalue weighted by Crippen LogP contribution is 2.53. The van der Waals surface area contributed by atoms with Crippen LogP contribution in [-0.2, 0) is 4.79 Å². The molecule has 4 rings (SSSR count). The first-order chi connectivity index (χ1) is 11.6. The van der Waals surface area contributed by atoms with Gasteiger partial charge in [0.25, 0.3) is 0 Å². The van der Waals surface area contributed by atoms with Gasteiger partial charge in [0.1, 0.15) is 0 Å². The van der Waals surface area contributed by atoms with E-state index in [0.29, 0.717) is 12.0 Å². The number of carbonyl (C=O) groups is 1. The van der Waals surface area contributed by atoms with E-state index in [4.69, 9.17) is 5.73 Å². The highest BCUT2D eigenvalue weighted by molar-refractivity contribution is 7.99. The van der Waals surface area contributed by atoms with Crippen LogP contribution in [0.2, 0.25) is 0 Å². The van der Waals surface area contributed by atoms with Gasteiger partial charge in [-0.15, -0.1) is 21.5 Å². The van der Waals surface area contributed by atoms with Gasteiger partial charge in [0.15, 0.2) is 11.0 Å². The van der Waals surface area contributed by atoms with Crippen LogP contribution in [0.5, 0.6) is 0 Å². The number of hydrogen-bond donors (Lipinski definition) is 1. The molecule has 0 radical (unpaired) electrons. The lowest BCUT2D eigenvalue weighted by Gasteiger charge is -2.30. The molecular formula is C17H22N4OS2. The third kappa shape index (κ3) is 2.88. The zero-order chi connectivity index (χ0) is 16.7. The van der Waals surface area contributed by atoms with Gasteiger partial charge in [-0.25, -0.2) is 0 Å². The van der Waals surface area contributed by atoms with Gasteiger partial charge < -0.3 is 5.73 Å². The summed E-state index contributed by atoms with van der Waals surface area (Å²) in [5.41, 5.74) is 5.32. The third-order valence-electron chi connectivity index (χ3n) is 5.57. The van der Waals surface area contributed by atoms with Crippen molar-refractivity contribution < 1.29 is 4.79 Å². The predicted molar refractivity (Wildman–Crippen MR) is 96.9 cm³/mol. The van der Waals surface area contributed by atoms with Crippen LogP contribution in [0.15, 0.2) is 22.7 Å². The maximum absolute atomic E-state index is 11.2. The van der Waals surface area contributed by atoms with E-state index in [-0.39, 0.29) is 11.7 Å². The number of nitrogens with zero attached hydrogens (tertiary/aromatic N) is 3. The van der Waals surface area contributed by atoms with E-state index in [1.165, 1.54) is 37.4 Å². The summed E-state index contributed by atoms with van der Waals surface area (Å²) in [5.74, 6) is 3.27. The molecule has 2 bridgehead atoms. The van der Waals surface area contributed by atoms with Crippen LogP contribution in [0.25, 0.3) is 10.7 Å². The Labute approximate surface area is 150 Å². The Morgan fingerprint density at radius 1 is 1.46 bits per heavy atom. The molecule has 7 heteroatoms. The summed E-state index contributed by atoms with van der Waals surface area (Å²) in [6.45, 7) is 2.29. The number of rotatable bonds is 6. The van der Waals surface area contributed by atoms with E-state index >= 15 is 0 Å². The van der Waals surface area contributed by atoms with E-state index in [0.717, 1.165) is 27.7 Å². The fourth-order valence-corrected chi connectivity index (χ4v) is 6.00. The molecule has 0 saturated heterocycles. The summed E-state index contributed by atoms with van der Waals surface area (Å²) in [6, 6.07) is 4.47. The molecule has 2 aliphatic rings. The van der Waals surface area contributed by atoms with Crippen LogP contribution in [0, 0.1) is 17.8 Å². The average molecular weight is 363 g/mol. The maximum atomic E-state index is 11.2. The van der Waals surface area contributed by atoms with Crippen LogP contribution >= 0.6 is 23.1 Å². The minimum absolute atomic E-state index is 0.242. The number of nitrogens with two attached hydrogens (primary N) is 1. The molecule has 2 saturated carbocycles. The molecule has 2 aliphatic carbocycles. The molecule has 2 N–H and O–H groups in total. The summed E-state index contributed by atoms with van der Waals surface area (Å²) in [6.07, 6.45) is 5.46. The van der Waals surface area contributed by atoms with Crippen molar-refractivity contribution in [1.29, 1.82) is 0 Å². The van der Waals surface area contributed by atoms with Crippen LogP contribution in [0.4, 0.5) is 0 Å². The lowest BCUT2D eigenvalue weighted by molar-refractivity contribution is -0.115. The van der Waals surface area contributed by atoms with Crippen molar-refractivity contribution in [2.75, 3.05) is 5.75 Å². The zero-order valence-corrected chi connectivity index (χ0v) is 15.4. The number of thioether (sulfide) groups is 1. The first-order valence-electron chi connectivity index (χ1n) is 8.53. The SMILES string of the molecule is CC(C1CC2CCC1C2)n1c(SCC(N)=O)nnc1-c1cccs1. The van der Waals surface area contributed by atoms with Crippen LogP contribution in [-0.4, -0.2) is 26.4 Å². The molecule has 4 atom stereocenters. The van der Waals surface area contributed by atoms with E-state index in [2.05, 4.69) is 33.1 Å². The Hall–Kier alpha value is -1.34. The minimum Gasteiger partial charge on any atom is -0.369 e. The van der Waals surface area contributed by atoms with Crippen LogP contribution in [0.3, 0.4) is 0 Å². The van der Waals surface area contributed by atoms with Crippen molar-refractivity contribution in [2.45, 2.75) is 43.8 Å². The van der Waals surface area contributed by atoms with Crippen LogP contribution in [0.1, 0.15) is 38.6 Å².